The predicted octanol–water partition coefficient (Wildman–Crippen LogP) is 3.64. The third-order valence-electron chi connectivity index (χ3n) is 13.8. The molecule has 0 amide bonds. The fourth-order valence-electron chi connectivity index (χ4n) is 10.7. The van der Waals surface area contributed by atoms with E-state index in [0.29, 0.717) is 45.8 Å². The molecule has 0 fully saturated rings. The summed E-state index contributed by atoms with van der Waals surface area (Å²) in [5.41, 5.74) is 84.4. The van der Waals surface area contributed by atoms with E-state index in [0.717, 1.165) is 72.3 Å². The second-order valence-electron chi connectivity index (χ2n) is 18.9. The summed E-state index contributed by atoms with van der Waals surface area (Å²) >= 11 is 0. The Hall–Kier alpha value is -10.3. The number of guanidine groups is 5. The van der Waals surface area contributed by atoms with Crippen molar-refractivity contribution in [2.45, 2.75) is 50.1 Å². The van der Waals surface area contributed by atoms with Crippen molar-refractivity contribution in [3.63, 3.8) is 0 Å². The molecule has 0 saturated carbocycles. The average molecular weight is 1030 g/mol. The van der Waals surface area contributed by atoms with Crippen LogP contribution in [0.4, 0.5) is 11.4 Å². The quantitative estimate of drug-likeness (QED) is 0.0866. The van der Waals surface area contributed by atoms with Gasteiger partial charge in [0, 0.05) is 30.0 Å². The van der Waals surface area contributed by atoms with E-state index in [1.54, 1.807) is 0 Å². The van der Waals surface area contributed by atoms with E-state index in [1.165, 1.54) is 7.05 Å². The molecule has 77 heavy (non-hydrogen) atoms. The van der Waals surface area contributed by atoms with Crippen molar-refractivity contribution in [3.8, 4) is 23.0 Å². The van der Waals surface area contributed by atoms with Gasteiger partial charge in [-0.3, -0.25) is 4.99 Å². The van der Waals surface area contributed by atoms with Gasteiger partial charge in [-0.15, -0.1) is 0 Å². The van der Waals surface area contributed by atoms with Crippen LogP contribution in [-0.4, -0.2) is 36.8 Å². The Labute approximate surface area is 443 Å². The lowest BCUT2D eigenvalue weighted by molar-refractivity contribution is 0.302. The summed E-state index contributed by atoms with van der Waals surface area (Å²) in [6, 6.07) is 35.7. The van der Waals surface area contributed by atoms with E-state index in [9.17, 15) is 0 Å². The van der Waals surface area contributed by atoms with Crippen LogP contribution in [0.1, 0.15) is 90.4 Å². The van der Waals surface area contributed by atoms with E-state index >= 15 is 0 Å². The van der Waals surface area contributed by atoms with E-state index in [-0.39, 0.29) is 73.9 Å². The number of benzene rings is 6. The van der Waals surface area contributed by atoms with E-state index in [2.05, 4.69) is 55.3 Å². The highest BCUT2D eigenvalue weighted by Gasteiger charge is 2.45. The van der Waals surface area contributed by atoms with Crippen molar-refractivity contribution in [2.75, 3.05) is 7.05 Å². The molecule has 4 atom stereocenters. The molecule has 0 aromatic heterocycles. The van der Waals surface area contributed by atoms with Crippen molar-refractivity contribution >= 4 is 41.2 Å². The zero-order valence-corrected chi connectivity index (χ0v) is 42.0. The van der Waals surface area contributed by atoms with Gasteiger partial charge in [-0.2, -0.15) is 0 Å². The first-order valence-corrected chi connectivity index (χ1v) is 24.4. The minimum absolute atomic E-state index is 0.0897. The summed E-state index contributed by atoms with van der Waals surface area (Å²) in [6.07, 6.45) is 4.05. The van der Waals surface area contributed by atoms with Gasteiger partial charge in [0.15, 0.2) is 29.8 Å². The van der Waals surface area contributed by atoms with Crippen LogP contribution < -0.4 is 87.8 Å². The Morgan fingerprint density at radius 3 is 1.18 bits per heavy atom. The normalized spacial score (nSPS) is 17.8. The van der Waals surface area contributed by atoms with Gasteiger partial charge in [-0.05, 0) is 128 Å². The number of hydrogen-bond donors (Lipinski definition) is 12. The molecule has 16 heterocycles. The Morgan fingerprint density at radius 1 is 0.403 bits per heavy atom. The number of ether oxygens (including phenoxy) is 4. The first-order chi connectivity index (χ1) is 37.0. The third kappa shape index (κ3) is 10.2. The number of nitrogens with two attached hydrogens (primary N) is 12. The van der Waals surface area contributed by atoms with Crippen LogP contribution in [0.25, 0.3) is 0 Å². The molecule has 0 radical (unpaired) electrons. The first-order valence-electron chi connectivity index (χ1n) is 24.4. The minimum Gasteiger partial charge on any atom is -0.489 e. The summed E-state index contributed by atoms with van der Waals surface area (Å²) in [5.74, 6) is 1.29. The van der Waals surface area contributed by atoms with Crippen molar-refractivity contribution in [1.29, 1.82) is 0 Å². The maximum atomic E-state index is 6.50. The van der Waals surface area contributed by atoms with Gasteiger partial charge >= 0.3 is 0 Å². The molecule has 2 unspecified atom stereocenters. The van der Waals surface area contributed by atoms with Crippen LogP contribution in [0.3, 0.4) is 0 Å². The molecule has 28 rings (SSSR count). The molecule has 6 aromatic carbocycles. The number of rotatable bonds is 5. The van der Waals surface area contributed by atoms with Crippen LogP contribution in [0.2, 0.25) is 0 Å². The summed E-state index contributed by atoms with van der Waals surface area (Å²) in [7, 11) is 1.54. The van der Waals surface area contributed by atoms with Gasteiger partial charge < -0.3 is 87.8 Å². The molecule has 0 spiro atoms. The highest BCUT2D eigenvalue weighted by atomic mass is 16.5. The van der Waals surface area contributed by atoms with Gasteiger partial charge in [0.05, 0.1) is 40.4 Å². The van der Waals surface area contributed by atoms with Gasteiger partial charge in [0.25, 0.3) is 0 Å². The molecule has 20 bridgehead atoms. The molecule has 0 saturated heterocycles. The van der Waals surface area contributed by atoms with Crippen LogP contribution in [0.5, 0.6) is 23.0 Å². The topological polar surface area (TPSA) is 411 Å². The van der Waals surface area contributed by atoms with Crippen LogP contribution in [-0.2, 0) is 26.4 Å². The SMILES string of the molecule is CN=C(N)N.NC(N)=CC1=C[C@H]2c3ccc4cc3C1c1ccc(cc12)OCc1ccc(c(N=C(N)N)c1)COc1ccc2c(c1)C1C(N=C(N)N)=C(N=C(N)N)[C@@H]2c2cc(ccc21)OCc1ccc(c(N=C(N)N)c1)CO4. The number of aliphatic imine (C=N–C) groups is 5. The molecular formula is C56H59N17O4. The third-order valence-corrected chi connectivity index (χ3v) is 13.8. The molecular weight excluding hydrogens is 975 g/mol. The van der Waals surface area contributed by atoms with E-state index in [1.807, 2.05) is 91.0 Å². The van der Waals surface area contributed by atoms with E-state index < -0.39 is 11.8 Å². The molecule has 16 aliphatic heterocycles. The smallest absolute Gasteiger partial charge is 0.191 e. The second kappa shape index (κ2) is 20.5. The van der Waals surface area contributed by atoms with Crippen LogP contribution in [0, 0.1) is 0 Å². The maximum Gasteiger partial charge on any atom is 0.191 e. The zero-order chi connectivity index (χ0) is 54.2. The molecule has 21 nitrogen and oxygen atoms in total. The molecule has 24 N–H and O–H groups in total. The maximum absolute atomic E-state index is 6.50. The molecule has 21 heteroatoms. The lowest BCUT2D eigenvalue weighted by atomic mass is 9.64. The van der Waals surface area contributed by atoms with Gasteiger partial charge in [0.2, 0.25) is 0 Å². The zero-order valence-electron chi connectivity index (χ0n) is 42.0. The van der Waals surface area contributed by atoms with Crippen LogP contribution in [0.15, 0.2) is 169 Å². The van der Waals surface area contributed by atoms with Crippen LogP contribution >= 0.6 is 0 Å². The Balaban J connectivity index is 0.00000129. The summed E-state index contributed by atoms with van der Waals surface area (Å²) in [5, 5.41) is 0. The fraction of sp³-hybridized carbons (Fsp3) is 0.161. The molecule has 22 aliphatic rings. The van der Waals surface area contributed by atoms with Gasteiger partial charge in [-0.1, -0.05) is 54.6 Å². The monoisotopic (exact) mass is 1030 g/mol. The number of allylic oxidation sites excluding steroid dienone is 5. The van der Waals surface area contributed by atoms with Crippen molar-refractivity contribution in [3.05, 3.63) is 211 Å². The highest BCUT2D eigenvalue weighted by molar-refractivity contribution is 5.82. The Bertz CT molecular complexity index is 3610. The minimum atomic E-state index is -0.470. The van der Waals surface area contributed by atoms with Gasteiger partial charge in [0.1, 0.15) is 49.4 Å². The van der Waals surface area contributed by atoms with E-state index in [4.69, 9.17) is 87.8 Å². The molecule has 392 valence electrons. The highest BCUT2D eigenvalue weighted by Crippen LogP contribution is 2.58. The predicted molar refractivity (Wildman–Crippen MR) is 299 cm³/mol. The van der Waals surface area contributed by atoms with Gasteiger partial charge in [-0.25, -0.2) is 20.0 Å². The number of hydrogen-bond acceptors (Lipinski definition) is 11. The molecule has 6 aromatic rings. The summed E-state index contributed by atoms with van der Waals surface area (Å²) in [4.78, 5) is 21.6. The second-order valence-corrected chi connectivity index (χ2v) is 18.9. The lowest BCUT2D eigenvalue weighted by Gasteiger charge is -2.41. The molecule has 6 aliphatic carbocycles. The lowest BCUT2D eigenvalue weighted by Crippen LogP contribution is -2.32. The largest absolute Gasteiger partial charge is 0.489 e. The fourth-order valence-corrected chi connectivity index (χ4v) is 10.7. The Kier molecular flexibility index (Phi) is 13.4. The van der Waals surface area contributed by atoms with Crippen molar-refractivity contribution in [2.24, 2.45) is 93.8 Å². The van der Waals surface area contributed by atoms with Crippen molar-refractivity contribution in [1.82, 2.24) is 0 Å². The average Bonchev–Trinajstić information content (AvgIpc) is 3.59. The Morgan fingerprint density at radius 2 is 0.779 bits per heavy atom. The standard InChI is InChI=1S/C54H52N14O4.C2H7N3/c55-45(56)16-29-15-38-34-9-5-32-18-40(34)46(29)35-10-6-30(17-39(35)38)69-21-25-1-3-28(43(13-25)65-51(57)58)24-72-33-8-12-37-42(20-33)48-36-11-7-31(19-41(36)47(37)49(67-53(61)62)50(48)68-54(63)64)70-22-26-2-4-27(23-71-32)44(14-26)66-52(59)60;1-5-2(3)4/h1-20,38,46-48H,21-24,55-56H2,(H4,57,58,65)(H4,59,60,66)(H4,61,62,67)(H4,63,64,68);1H3,(H4,3,4,5)/t38-,46?,47-,48?;/m0./s1. The van der Waals surface area contributed by atoms with Crippen molar-refractivity contribution < 1.29 is 18.9 Å². The summed E-state index contributed by atoms with van der Waals surface area (Å²) in [6.45, 7) is 0.769. The first kappa shape index (κ1) is 50.2. The summed E-state index contributed by atoms with van der Waals surface area (Å²) < 4.78 is 25.9. The number of nitrogens with zero attached hydrogens (tertiary/aromatic N) is 5.